The van der Waals surface area contributed by atoms with Gasteiger partial charge in [-0.1, -0.05) is 29.0 Å². The van der Waals surface area contributed by atoms with E-state index in [-0.39, 0.29) is 5.91 Å². The minimum atomic E-state index is -0.0209. The van der Waals surface area contributed by atoms with Gasteiger partial charge in [-0.3, -0.25) is 14.7 Å². The monoisotopic (exact) mass is 469 g/mol. The molecule has 5 nitrogen and oxygen atoms in total. The molecular weight excluding hydrogens is 450 g/mol. The highest BCUT2D eigenvalue weighted by molar-refractivity contribution is 8.00. The normalized spacial score (nSPS) is 10.9. The third-order valence-corrected chi connectivity index (χ3v) is 7.20. The van der Waals surface area contributed by atoms with Crippen LogP contribution in [0.4, 0.5) is 5.13 Å². The van der Waals surface area contributed by atoms with E-state index < -0.39 is 0 Å². The van der Waals surface area contributed by atoms with Gasteiger partial charge in [0.25, 0.3) is 0 Å². The predicted molar refractivity (Wildman–Crippen MR) is 129 cm³/mol. The second kappa shape index (κ2) is 9.68. The number of hydrogen-bond acceptors (Lipinski definition) is 6. The Kier molecular flexibility index (Phi) is 6.75. The van der Waals surface area contributed by atoms with Crippen LogP contribution in [-0.4, -0.2) is 28.7 Å². The average Bonchev–Trinajstić information content (AvgIpc) is 3.24. The summed E-state index contributed by atoms with van der Waals surface area (Å²) in [5.41, 5.74) is 2.70. The van der Waals surface area contributed by atoms with Crippen LogP contribution in [0.3, 0.4) is 0 Å². The van der Waals surface area contributed by atoms with Crippen LogP contribution in [0.25, 0.3) is 10.2 Å². The number of carbonyl (C=O) groups excluding carboxylic acids is 1. The Labute approximate surface area is 194 Å². The molecule has 2 aromatic heterocycles. The molecule has 0 saturated carbocycles. The first-order chi connectivity index (χ1) is 15.0. The van der Waals surface area contributed by atoms with Crippen molar-refractivity contribution in [2.45, 2.75) is 18.4 Å². The number of anilines is 1. The summed E-state index contributed by atoms with van der Waals surface area (Å²) in [6, 6.07) is 15.3. The van der Waals surface area contributed by atoms with Gasteiger partial charge in [-0.05, 0) is 60.5 Å². The molecule has 0 saturated heterocycles. The zero-order chi connectivity index (χ0) is 21.8. The predicted octanol–water partition coefficient (Wildman–Crippen LogP) is 5.99. The molecule has 2 heterocycles. The standard InChI is InChI=1S/C23H20ClN3O2S2/c1-15-19(24)9-10-20-22(15)26-23(31-20)27(13-16-4-3-11-25-12-16)21(28)14-30-18-7-5-17(29-2)6-8-18/h3-12H,13-14H2,1-2H3. The fraction of sp³-hybridized carbons (Fsp3) is 0.174. The average molecular weight is 470 g/mol. The Morgan fingerprint density at radius 3 is 2.71 bits per heavy atom. The summed E-state index contributed by atoms with van der Waals surface area (Å²) >= 11 is 9.25. The molecule has 0 N–H and O–H groups in total. The molecule has 4 rings (SSSR count). The molecule has 4 aromatic rings. The lowest BCUT2D eigenvalue weighted by Crippen LogP contribution is -2.31. The quantitative estimate of drug-likeness (QED) is 0.311. The SMILES string of the molecule is COc1ccc(SCC(=O)N(Cc2cccnc2)c2nc3c(C)c(Cl)ccc3s2)cc1. The molecule has 0 radical (unpaired) electrons. The number of fused-ring (bicyclic) bond motifs is 1. The molecule has 0 aliphatic carbocycles. The first kappa shape index (κ1) is 21.6. The number of rotatable bonds is 7. The number of nitrogens with zero attached hydrogens (tertiary/aromatic N) is 3. The summed E-state index contributed by atoms with van der Waals surface area (Å²) in [6.45, 7) is 2.35. The summed E-state index contributed by atoms with van der Waals surface area (Å²) in [5, 5.41) is 1.33. The highest BCUT2D eigenvalue weighted by Crippen LogP contribution is 2.34. The number of halogens is 1. The number of thiazole rings is 1. The van der Waals surface area contributed by atoms with Gasteiger partial charge in [0.05, 0.1) is 29.6 Å². The van der Waals surface area contributed by atoms with Crippen LogP contribution < -0.4 is 9.64 Å². The second-order valence-electron chi connectivity index (χ2n) is 6.82. The number of pyridine rings is 1. The largest absolute Gasteiger partial charge is 0.497 e. The van der Waals surface area contributed by atoms with Crippen molar-refractivity contribution in [1.29, 1.82) is 0 Å². The molecule has 158 valence electrons. The Morgan fingerprint density at radius 2 is 2.00 bits per heavy atom. The van der Waals surface area contributed by atoms with Crippen LogP contribution in [0.2, 0.25) is 5.02 Å². The van der Waals surface area contributed by atoms with Crippen molar-refractivity contribution in [3.8, 4) is 5.75 Å². The van der Waals surface area contributed by atoms with Crippen molar-refractivity contribution in [3.63, 3.8) is 0 Å². The van der Waals surface area contributed by atoms with Gasteiger partial charge in [0, 0.05) is 22.3 Å². The number of aromatic nitrogens is 2. The molecule has 31 heavy (non-hydrogen) atoms. The lowest BCUT2D eigenvalue weighted by molar-refractivity contribution is -0.116. The second-order valence-corrected chi connectivity index (χ2v) is 9.29. The van der Waals surface area contributed by atoms with Crippen LogP contribution in [0, 0.1) is 6.92 Å². The van der Waals surface area contributed by atoms with E-state index >= 15 is 0 Å². The van der Waals surface area contributed by atoms with Gasteiger partial charge in [-0.25, -0.2) is 4.98 Å². The number of benzene rings is 2. The summed E-state index contributed by atoms with van der Waals surface area (Å²) in [7, 11) is 1.63. The van der Waals surface area contributed by atoms with Crippen LogP contribution in [-0.2, 0) is 11.3 Å². The maximum absolute atomic E-state index is 13.3. The molecule has 8 heteroatoms. The van der Waals surface area contributed by atoms with Crippen LogP contribution in [0.1, 0.15) is 11.1 Å². The van der Waals surface area contributed by atoms with Crippen molar-refractivity contribution in [1.82, 2.24) is 9.97 Å². The van der Waals surface area contributed by atoms with E-state index in [4.69, 9.17) is 21.3 Å². The van der Waals surface area contributed by atoms with Crippen molar-refractivity contribution in [2.24, 2.45) is 0 Å². The van der Waals surface area contributed by atoms with Gasteiger partial charge in [-0.2, -0.15) is 0 Å². The molecule has 1 amide bonds. The molecule has 0 aliphatic rings. The van der Waals surface area contributed by atoms with Crippen molar-refractivity contribution < 1.29 is 9.53 Å². The van der Waals surface area contributed by atoms with E-state index in [1.807, 2.05) is 55.5 Å². The van der Waals surface area contributed by atoms with Crippen LogP contribution >= 0.6 is 34.7 Å². The molecule has 0 spiro atoms. The molecular formula is C23H20ClN3O2S2. The van der Waals surface area contributed by atoms with Crippen molar-refractivity contribution >= 4 is 56.0 Å². The summed E-state index contributed by atoms with van der Waals surface area (Å²) < 4.78 is 6.20. The number of amides is 1. The van der Waals surface area contributed by atoms with Crippen LogP contribution in [0.5, 0.6) is 5.75 Å². The number of thioether (sulfide) groups is 1. The number of aryl methyl sites for hydroxylation is 1. The van der Waals surface area contributed by atoms with Gasteiger partial charge in [0.1, 0.15) is 5.75 Å². The van der Waals surface area contributed by atoms with Gasteiger partial charge in [0.2, 0.25) is 5.91 Å². The van der Waals surface area contributed by atoms with Gasteiger partial charge >= 0.3 is 0 Å². The summed E-state index contributed by atoms with van der Waals surface area (Å²) in [6.07, 6.45) is 3.49. The van der Waals surface area contributed by atoms with E-state index in [2.05, 4.69) is 4.98 Å². The summed E-state index contributed by atoms with van der Waals surface area (Å²) in [5.74, 6) is 1.06. The smallest absolute Gasteiger partial charge is 0.239 e. The third kappa shape index (κ3) is 5.01. The Hall–Kier alpha value is -2.61. The van der Waals surface area contributed by atoms with E-state index in [0.29, 0.717) is 22.5 Å². The molecule has 0 aliphatic heterocycles. The highest BCUT2D eigenvalue weighted by Gasteiger charge is 2.21. The van der Waals surface area contributed by atoms with E-state index in [1.54, 1.807) is 24.4 Å². The van der Waals surface area contributed by atoms with Crippen molar-refractivity contribution in [2.75, 3.05) is 17.8 Å². The van der Waals surface area contributed by atoms with Gasteiger partial charge < -0.3 is 4.74 Å². The lowest BCUT2D eigenvalue weighted by Gasteiger charge is -2.19. The van der Waals surface area contributed by atoms with E-state index in [0.717, 1.165) is 32.0 Å². The van der Waals surface area contributed by atoms with E-state index in [1.165, 1.54) is 23.1 Å². The number of carbonyl (C=O) groups is 1. The number of hydrogen-bond donors (Lipinski definition) is 0. The zero-order valence-corrected chi connectivity index (χ0v) is 19.4. The molecule has 0 fully saturated rings. The van der Waals surface area contributed by atoms with Gasteiger partial charge in [-0.15, -0.1) is 11.8 Å². The molecule has 0 unspecified atom stereocenters. The minimum absolute atomic E-state index is 0.0209. The maximum Gasteiger partial charge on any atom is 0.239 e. The van der Waals surface area contributed by atoms with E-state index in [9.17, 15) is 4.79 Å². The molecule has 0 atom stereocenters. The Morgan fingerprint density at radius 1 is 1.19 bits per heavy atom. The summed E-state index contributed by atoms with van der Waals surface area (Å²) in [4.78, 5) is 24.9. The Balaban J connectivity index is 1.60. The lowest BCUT2D eigenvalue weighted by atomic mass is 10.2. The fourth-order valence-electron chi connectivity index (χ4n) is 3.04. The maximum atomic E-state index is 13.3. The zero-order valence-electron chi connectivity index (χ0n) is 17.0. The number of ether oxygens (including phenoxy) is 1. The van der Waals surface area contributed by atoms with Gasteiger partial charge in [0.15, 0.2) is 5.13 Å². The number of methoxy groups -OCH3 is 1. The first-order valence-corrected chi connectivity index (χ1v) is 11.7. The molecule has 2 aromatic carbocycles. The molecule has 0 bridgehead atoms. The first-order valence-electron chi connectivity index (χ1n) is 9.57. The van der Waals surface area contributed by atoms with Crippen molar-refractivity contribution in [3.05, 3.63) is 77.1 Å². The topological polar surface area (TPSA) is 55.3 Å². The minimum Gasteiger partial charge on any atom is -0.497 e. The fourth-order valence-corrected chi connectivity index (χ4v) is 5.00. The Bertz CT molecular complexity index is 1200. The van der Waals surface area contributed by atoms with Crippen LogP contribution in [0.15, 0.2) is 65.8 Å². The third-order valence-electron chi connectivity index (χ3n) is 4.75. The highest BCUT2D eigenvalue weighted by atomic mass is 35.5.